The van der Waals surface area contributed by atoms with E-state index in [1.807, 2.05) is 16.9 Å². The summed E-state index contributed by atoms with van der Waals surface area (Å²) >= 11 is 0. The maximum Gasteiger partial charge on any atom is 0.188 e. The van der Waals surface area contributed by atoms with Crippen LogP contribution in [-0.2, 0) is 20.1 Å². The van der Waals surface area contributed by atoms with Gasteiger partial charge >= 0.3 is 0 Å². The van der Waals surface area contributed by atoms with E-state index in [0.717, 1.165) is 13.1 Å². The van der Waals surface area contributed by atoms with Crippen LogP contribution in [0, 0.1) is 0 Å². The summed E-state index contributed by atoms with van der Waals surface area (Å²) in [5, 5.41) is 19.0. The van der Waals surface area contributed by atoms with E-state index in [4.69, 9.17) is 0 Å². The van der Waals surface area contributed by atoms with Gasteiger partial charge in [0.1, 0.15) is 0 Å². The lowest BCUT2D eigenvalue weighted by Gasteiger charge is -2.01. The van der Waals surface area contributed by atoms with Crippen LogP contribution < -0.4 is 5.32 Å². The molecule has 2 heterocycles. The molecule has 0 aliphatic heterocycles. The first-order valence-corrected chi connectivity index (χ1v) is 4.75. The molecule has 0 saturated carbocycles. The number of hydrogen-bond acceptors (Lipinski definition) is 5. The first-order valence-electron chi connectivity index (χ1n) is 4.75. The summed E-state index contributed by atoms with van der Waals surface area (Å²) in [6.45, 7) is 2.31. The molecule has 0 aliphatic rings. The Balaban J connectivity index is 1.67. The Labute approximate surface area is 87.1 Å². The average Bonchev–Trinajstić information content (AvgIpc) is 2.84. The molecule has 80 valence electrons. The molecule has 1 N–H and O–H groups in total. The van der Waals surface area contributed by atoms with E-state index in [1.54, 1.807) is 13.2 Å². The first kappa shape index (κ1) is 9.78. The molecular formula is C8H13N7. The van der Waals surface area contributed by atoms with Gasteiger partial charge in [0, 0.05) is 18.9 Å². The highest BCUT2D eigenvalue weighted by Gasteiger charge is 1.98. The normalized spacial score (nSPS) is 10.7. The molecule has 2 rings (SSSR count). The summed E-state index contributed by atoms with van der Waals surface area (Å²) in [6, 6.07) is 1.91. The minimum absolute atomic E-state index is 0.634. The Bertz CT molecular complexity index is 391. The third-order valence-electron chi connectivity index (χ3n) is 1.91. The van der Waals surface area contributed by atoms with Crippen LogP contribution in [0.5, 0.6) is 0 Å². The fourth-order valence-corrected chi connectivity index (χ4v) is 1.22. The lowest BCUT2D eigenvalue weighted by Crippen LogP contribution is -2.20. The summed E-state index contributed by atoms with van der Waals surface area (Å²) in [6.07, 6.45) is 3.70. The Hall–Kier alpha value is -1.76. The van der Waals surface area contributed by atoms with Crippen molar-refractivity contribution in [2.45, 2.75) is 13.1 Å². The molecule has 2 aromatic rings. The number of rotatable bonds is 5. The van der Waals surface area contributed by atoms with Gasteiger partial charge in [0.05, 0.1) is 20.1 Å². The Morgan fingerprint density at radius 1 is 1.47 bits per heavy atom. The molecule has 0 spiro atoms. The van der Waals surface area contributed by atoms with Gasteiger partial charge in [-0.3, -0.25) is 4.68 Å². The van der Waals surface area contributed by atoms with Gasteiger partial charge in [0.2, 0.25) is 0 Å². The zero-order valence-corrected chi connectivity index (χ0v) is 8.54. The van der Waals surface area contributed by atoms with Crippen molar-refractivity contribution in [3.63, 3.8) is 0 Å². The van der Waals surface area contributed by atoms with Crippen molar-refractivity contribution in [1.29, 1.82) is 0 Å². The van der Waals surface area contributed by atoms with Crippen molar-refractivity contribution < 1.29 is 0 Å². The third-order valence-corrected chi connectivity index (χ3v) is 1.91. The zero-order valence-electron chi connectivity index (χ0n) is 8.54. The first-order chi connectivity index (χ1) is 7.34. The molecule has 15 heavy (non-hydrogen) atoms. The topological polar surface area (TPSA) is 73.5 Å². The second-order valence-electron chi connectivity index (χ2n) is 3.14. The molecule has 0 bridgehead atoms. The minimum atomic E-state index is 0.634. The van der Waals surface area contributed by atoms with Crippen molar-refractivity contribution in [2.75, 3.05) is 6.54 Å². The van der Waals surface area contributed by atoms with Gasteiger partial charge in [-0.2, -0.15) is 9.90 Å². The molecule has 7 heteroatoms. The highest BCUT2D eigenvalue weighted by atomic mass is 15.6. The second-order valence-corrected chi connectivity index (χ2v) is 3.14. The van der Waals surface area contributed by atoms with Crippen LogP contribution in [0.2, 0.25) is 0 Å². The number of hydrogen-bond donors (Lipinski definition) is 1. The molecule has 0 aliphatic carbocycles. The molecule has 0 amide bonds. The molecular weight excluding hydrogens is 194 g/mol. The summed E-state index contributed by atoms with van der Waals surface area (Å²) in [5.74, 6) is 0.706. The van der Waals surface area contributed by atoms with Crippen LogP contribution in [0.15, 0.2) is 18.5 Å². The predicted molar refractivity (Wildman–Crippen MR) is 52.7 cm³/mol. The van der Waals surface area contributed by atoms with Crippen LogP contribution in [-0.4, -0.2) is 36.5 Å². The van der Waals surface area contributed by atoms with Crippen molar-refractivity contribution in [3.05, 3.63) is 24.3 Å². The second kappa shape index (κ2) is 4.65. The van der Waals surface area contributed by atoms with E-state index in [9.17, 15) is 0 Å². The molecule has 0 aromatic carbocycles. The monoisotopic (exact) mass is 207 g/mol. The summed E-state index contributed by atoms with van der Waals surface area (Å²) in [7, 11) is 1.75. The molecule has 7 nitrogen and oxygen atoms in total. The minimum Gasteiger partial charge on any atom is -0.308 e. The highest BCUT2D eigenvalue weighted by Crippen LogP contribution is 1.85. The Morgan fingerprint density at radius 3 is 3.07 bits per heavy atom. The van der Waals surface area contributed by atoms with Crippen molar-refractivity contribution in [2.24, 2.45) is 7.05 Å². The SMILES string of the molecule is Cn1nnc(CNCCn2cccn2)n1. The standard InChI is InChI=1S/C8H13N7/c1-14-12-8(11-13-14)7-9-4-6-15-5-2-3-10-15/h2-3,5,9H,4,6-7H2,1H3. The largest absolute Gasteiger partial charge is 0.308 e. The zero-order chi connectivity index (χ0) is 10.5. The Kier molecular flexibility index (Phi) is 3.03. The van der Waals surface area contributed by atoms with Crippen LogP contribution in [0.25, 0.3) is 0 Å². The molecule has 0 saturated heterocycles. The molecule has 0 fully saturated rings. The molecule has 2 aromatic heterocycles. The number of aromatic nitrogens is 6. The third kappa shape index (κ3) is 2.84. The lowest BCUT2D eigenvalue weighted by molar-refractivity contribution is 0.546. The Morgan fingerprint density at radius 2 is 2.40 bits per heavy atom. The van der Waals surface area contributed by atoms with Crippen molar-refractivity contribution in [1.82, 2.24) is 35.3 Å². The van der Waals surface area contributed by atoms with E-state index >= 15 is 0 Å². The van der Waals surface area contributed by atoms with E-state index in [1.165, 1.54) is 4.80 Å². The fraction of sp³-hybridized carbons (Fsp3) is 0.500. The molecule has 0 radical (unpaired) electrons. The van der Waals surface area contributed by atoms with Gasteiger partial charge in [-0.25, -0.2) is 0 Å². The van der Waals surface area contributed by atoms with Gasteiger partial charge in [-0.05, 0) is 11.3 Å². The van der Waals surface area contributed by atoms with Gasteiger partial charge in [0.15, 0.2) is 5.82 Å². The maximum atomic E-state index is 4.09. The predicted octanol–water partition coefficient (Wildman–Crippen LogP) is -0.804. The number of nitrogens with one attached hydrogen (secondary N) is 1. The van der Waals surface area contributed by atoms with E-state index in [-0.39, 0.29) is 0 Å². The smallest absolute Gasteiger partial charge is 0.188 e. The maximum absolute atomic E-state index is 4.09. The van der Waals surface area contributed by atoms with Crippen LogP contribution in [0.1, 0.15) is 5.82 Å². The van der Waals surface area contributed by atoms with E-state index in [2.05, 4.69) is 25.8 Å². The van der Waals surface area contributed by atoms with Crippen molar-refractivity contribution in [3.8, 4) is 0 Å². The fourth-order valence-electron chi connectivity index (χ4n) is 1.22. The van der Waals surface area contributed by atoms with Gasteiger partial charge in [-0.1, -0.05) is 0 Å². The van der Waals surface area contributed by atoms with Gasteiger partial charge in [0.25, 0.3) is 0 Å². The van der Waals surface area contributed by atoms with E-state index in [0.29, 0.717) is 12.4 Å². The number of nitrogens with zero attached hydrogens (tertiary/aromatic N) is 6. The quantitative estimate of drug-likeness (QED) is 0.649. The number of tetrazole rings is 1. The van der Waals surface area contributed by atoms with Crippen molar-refractivity contribution >= 4 is 0 Å². The van der Waals surface area contributed by atoms with E-state index < -0.39 is 0 Å². The molecule has 0 atom stereocenters. The van der Waals surface area contributed by atoms with Gasteiger partial charge < -0.3 is 5.32 Å². The van der Waals surface area contributed by atoms with Crippen LogP contribution in [0.4, 0.5) is 0 Å². The lowest BCUT2D eigenvalue weighted by atomic mass is 10.5. The average molecular weight is 207 g/mol. The number of aryl methyl sites for hydroxylation is 1. The summed E-state index contributed by atoms with van der Waals surface area (Å²) in [4.78, 5) is 1.45. The van der Waals surface area contributed by atoms with Crippen LogP contribution >= 0.6 is 0 Å². The highest BCUT2D eigenvalue weighted by molar-refractivity contribution is 4.78. The summed E-state index contributed by atoms with van der Waals surface area (Å²) in [5.41, 5.74) is 0. The van der Waals surface area contributed by atoms with Crippen LogP contribution in [0.3, 0.4) is 0 Å². The van der Waals surface area contributed by atoms with Gasteiger partial charge in [-0.15, -0.1) is 10.2 Å². The molecule has 0 unspecified atom stereocenters. The summed E-state index contributed by atoms with van der Waals surface area (Å²) < 4.78 is 1.87.